The third-order valence-corrected chi connectivity index (χ3v) is 4.09. The van der Waals surface area contributed by atoms with Crippen molar-refractivity contribution in [1.29, 1.82) is 0 Å². The molecule has 0 aromatic heterocycles. The van der Waals surface area contributed by atoms with Gasteiger partial charge in [-0.1, -0.05) is 41.9 Å². The highest BCUT2D eigenvalue weighted by molar-refractivity contribution is 9.10. The monoisotopic (exact) mass is 341 g/mol. The van der Waals surface area contributed by atoms with Gasteiger partial charge >= 0.3 is 0 Å². The molecule has 20 heavy (non-hydrogen) atoms. The van der Waals surface area contributed by atoms with Crippen LogP contribution in [0, 0.1) is 0 Å². The van der Waals surface area contributed by atoms with Crippen molar-refractivity contribution in [2.45, 2.75) is 32.3 Å². The van der Waals surface area contributed by atoms with Gasteiger partial charge in [-0.05, 0) is 29.5 Å². The standard InChI is InChI=1S/C16H24BrNO2/c1-5-12(2)15-7-6-13(8-16(15)17)9-18-10-14(20-4)11-19-3/h6-9,12,14H,5,10-11H2,1-4H3. The summed E-state index contributed by atoms with van der Waals surface area (Å²) in [5.41, 5.74) is 2.44. The first kappa shape index (κ1) is 17.3. The van der Waals surface area contributed by atoms with Gasteiger partial charge in [0.25, 0.3) is 0 Å². The Hall–Kier alpha value is -0.710. The van der Waals surface area contributed by atoms with Crippen molar-refractivity contribution in [3.63, 3.8) is 0 Å². The van der Waals surface area contributed by atoms with Crippen LogP contribution in [0.25, 0.3) is 0 Å². The number of aliphatic imine (C=N–C) groups is 1. The van der Waals surface area contributed by atoms with Crippen molar-refractivity contribution < 1.29 is 9.47 Å². The molecule has 1 aromatic rings. The average molecular weight is 342 g/mol. The SMILES string of the molecule is CCC(C)c1ccc(C=NCC(COC)OC)cc1Br. The van der Waals surface area contributed by atoms with Crippen LogP contribution in [0.3, 0.4) is 0 Å². The van der Waals surface area contributed by atoms with E-state index in [9.17, 15) is 0 Å². The van der Waals surface area contributed by atoms with Gasteiger partial charge in [0.2, 0.25) is 0 Å². The Morgan fingerprint density at radius 2 is 2.10 bits per heavy atom. The molecule has 2 unspecified atom stereocenters. The van der Waals surface area contributed by atoms with Crippen LogP contribution < -0.4 is 0 Å². The van der Waals surface area contributed by atoms with Gasteiger partial charge in [-0.25, -0.2) is 0 Å². The molecule has 0 spiro atoms. The molecule has 4 heteroatoms. The first-order chi connectivity index (χ1) is 9.62. The van der Waals surface area contributed by atoms with E-state index in [0.717, 1.165) is 16.5 Å². The van der Waals surface area contributed by atoms with Crippen molar-refractivity contribution in [2.75, 3.05) is 27.4 Å². The Labute approximate surface area is 130 Å². The van der Waals surface area contributed by atoms with Crippen molar-refractivity contribution in [3.8, 4) is 0 Å². The van der Waals surface area contributed by atoms with Crippen molar-refractivity contribution in [3.05, 3.63) is 33.8 Å². The predicted octanol–water partition coefficient (Wildman–Crippen LogP) is 4.04. The van der Waals surface area contributed by atoms with Crippen LogP contribution in [-0.2, 0) is 9.47 Å². The summed E-state index contributed by atoms with van der Waals surface area (Å²) in [4.78, 5) is 4.42. The predicted molar refractivity (Wildman–Crippen MR) is 88.0 cm³/mol. The number of hydrogen-bond acceptors (Lipinski definition) is 3. The van der Waals surface area contributed by atoms with E-state index in [4.69, 9.17) is 9.47 Å². The number of benzene rings is 1. The van der Waals surface area contributed by atoms with Crippen LogP contribution in [-0.4, -0.2) is 39.7 Å². The summed E-state index contributed by atoms with van der Waals surface area (Å²) in [5.74, 6) is 0.565. The fraction of sp³-hybridized carbons (Fsp3) is 0.562. The lowest BCUT2D eigenvalue weighted by molar-refractivity contribution is 0.0345. The molecule has 2 atom stereocenters. The summed E-state index contributed by atoms with van der Waals surface area (Å²) in [5, 5.41) is 0. The fourth-order valence-corrected chi connectivity index (χ4v) is 2.69. The molecular formula is C16H24BrNO2. The Morgan fingerprint density at radius 1 is 1.35 bits per heavy atom. The summed E-state index contributed by atoms with van der Waals surface area (Å²) in [6.07, 6.45) is 3.03. The minimum absolute atomic E-state index is 0.0130. The number of halogens is 1. The molecule has 0 amide bonds. The molecule has 0 heterocycles. The zero-order valence-electron chi connectivity index (χ0n) is 12.7. The molecule has 0 aliphatic carbocycles. The van der Waals surface area contributed by atoms with Gasteiger partial charge in [-0.2, -0.15) is 0 Å². The average Bonchev–Trinajstić information content (AvgIpc) is 2.45. The number of methoxy groups -OCH3 is 2. The van der Waals surface area contributed by atoms with E-state index >= 15 is 0 Å². The van der Waals surface area contributed by atoms with E-state index < -0.39 is 0 Å². The van der Waals surface area contributed by atoms with Crippen LogP contribution in [0.5, 0.6) is 0 Å². The van der Waals surface area contributed by atoms with Crippen molar-refractivity contribution in [1.82, 2.24) is 0 Å². The maximum absolute atomic E-state index is 5.27. The minimum atomic E-state index is 0.0130. The van der Waals surface area contributed by atoms with E-state index in [1.807, 2.05) is 6.21 Å². The van der Waals surface area contributed by atoms with E-state index in [-0.39, 0.29) is 6.10 Å². The fourth-order valence-electron chi connectivity index (χ4n) is 1.90. The minimum Gasteiger partial charge on any atom is -0.382 e. The number of rotatable bonds is 8. The molecule has 1 rings (SSSR count). The molecule has 0 fully saturated rings. The van der Waals surface area contributed by atoms with Gasteiger partial charge in [-0.3, -0.25) is 4.99 Å². The molecule has 112 valence electrons. The molecule has 3 nitrogen and oxygen atoms in total. The quantitative estimate of drug-likeness (QED) is 0.668. The van der Waals surface area contributed by atoms with Crippen LogP contribution in [0.15, 0.2) is 27.7 Å². The summed E-state index contributed by atoms with van der Waals surface area (Å²) in [7, 11) is 3.34. The smallest absolute Gasteiger partial charge is 0.0999 e. The Kier molecular flexibility index (Phi) is 8.04. The highest BCUT2D eigenvalue weighted by atomic mass is 79.9. The van der Waals surface area contributed by atoms with Gasteiger partial charge in [0.05, 0.1) is 19.3 Å². The topological polar surface area (TPSA) is 30.8 Å². The zero-order chi connectivity index (χ0) is 15.0. The summed E-state index contributed by atoms with van der Waals surface area (Å²) in [6.45, 7) is 5.61. The highest BCUT2D eigenvalue weighted by Crippen LogP contribution is 2.27. The van der Waals surface area contributed by atoms with Gasteiger partial charge in [0, 0.05) is 24.9 Å². The molecule has 0 N–H and O–H groups in total. The number of hydrogen-bond donors (Lipinski definition) is 0. The van der Waals surface area contributed by atoms with Crippen LogP contribution >= 0.6 is 15.9 Å². The van der Waals surface area contributed by atoms with Crippen LogP contribution in [0.2, 0.25) is 0 Å². The second-order valence-corrected chi connectivity index (χ2v) is 5.75. The van der Waals surface area contributed by atoms with E-state index in [1.54, 1.807) is 14.2 Å². The van der Waals surface area contributed by atoms with E-state index in [0.29, 0.717) is 19.1 Å². The largest absolute Gasteiger partial charge is 0.382 e. The first-order valence-electron chi connectivity index (χ1n) is 6.93. The van der Waals surface area contributed by atoms with Gasteiger partial charge in [-0.15, -0.1) is 0 Å². The molecule has 0 saturated carbocycles. The lowest BCUT2D eigenvalue weighted by Gasteiger charge is -2.12. The van der Waals surface area contributed by atoms with Crippen molar-refractivity contribution >= 4 is 22.1 Å². The Morgan fingerprint density at radius 3 is 2.65 bits per heavy atom. The van der Waals surface area contributed by atoms with Crippen molar-refractivity contribution in [2.24, 2.45) is 4.99 Å². The first-order valence-corrected chi connectivity index (χ1v) is 7.72. The maximum Gasteiger partial charge on any atom is 0.0999 e. The van der Waals surface area contributed by atoms with E-state index in [2.05, 4.69) is 53.0 Å². The van der Waals surface area contributed by atoms with Crippen LogP contribution in [0.1, 0.15) is 37.3 Å². The molecule has 0 bridgehead atoms. The van der Waals surface area contributed by atoms with Gasteiger partial charge < -0.3 is 9.47 Å². The molecule has 0 saturated heterocycles. The highest BCUT2D eigenvalue weighted by Gasteiger charge is 2.08. The number of ether oxygens (including phenoxy) is 2. The normalized spacial score (nSPS) is 14.7. The summed E-state index contributed by atoms with van der Waals surface area (Å²) in [6, 6.07) is 6.39. The van der Waals surface area contributed by atoms with Crippen LogP contribution in [0.4, 0.5) is 0 Å². The maximum atomic E-state index is 5.27. The lowest BCUT2D eigenvalue weighted by atomic mass is 9.98. The third-order valence-electron chi connectivity index (χ3n) is 3.40. The Balaban J connectivity index is 2.67. The molecule has 0 aliphatic rings. The number of nitrogens with zero attached hydrogens (tertiary/aromatic N) is 1. The lowest BCUT2D eigenvalue weighted by Crippen LogP contribution is -2.20. The molecular weight excluding hydrogens is 318 g/mol. The second-order valence-electron chi connectivity index (χ2n) is 4.90. The summed E-state index contributed by atoms with van der Waals surface area (Å²) >= 11 is 3.64. The Bertz CT molecular complexity index is 434. The summed E-state index contributed by atoms with van der Waals surface area (Å²) < 4.78 is 11.5. The van der Waals surface area contributed by atoms with Gasteiger partial charge in [0.1, 0.15) is 0 Å². The molecule has 0 aliphatic heterocycles. The third kappa shape index (κ3) is 5.35. The second kappa shape index (κ2) is 9.27. The zero-order valence-corrected chi connectivity index (χ0v) is 14.3. The van der Waals surface area contributed by atoms with Gasteiger partial charge in [0.15, 0.2) is 0 Å². The van der Waals surface area contributed by atoms with E-state index in [1.165, 1.54) is 5.56 Å². The molecule has 0 radical (unpaired) electrons. The molecule has 1 aromatic carbocycles.